The van der Waals surface area contributed by atoms with E-state index < -0.39 is 21.4 Å². The van der Waals surface area contributed by atoms with E-state index in [0.29, 0.717) is 24.1 Å². The fourth-order valence-electron chi connectivity index (χ4n) is 2.55. The molecule has 2 atom stereocenters. The van der Waals surface area contributed by atoms with Crippen LogP contribution in [0.3, 0.4) is 0 Å². The molecule has 0 bridgehead atoms. The van der Waals surface area contributed by atoms with Crippen LogP contribution in [0.1, 0.15) is 31.2 Å². The summed E-state index contributed by atoms with van der Waals surface area (Å²) in [4.78, 5) is 0. The third-order valence-corrected chi connectivity index (χ3v) is 6.06. The molecule has 5 nitrogen and oxygen atoms in total. The molecule has 1 N–H and O–H groups in total. The summed E-state index contributed by atoms with van der Waals surface area (Å²) in [6, 6.07) is 8.45. The van der Waals surface area contributed by atoms with Crippen LogP contribution in [-0.4, -0.2) is 31.9 Å². The molecule has 2 unspecified atom stereocenters. The van der Waals surface area contributed by atoms with E-state index in [4.69, 9.17) is 5.26 Å². The normalized spacial score (nSPS) is 23.1. The van der Waals surface area contributed by atoms with Crippen molar-refractivity contribution in [3.8, 4) is 6.07 Å². The summed E-state index contributed by atoms with van der Waals surface area (Å²) in [6.45, 7) is 0. The lowest BCUT2D eigenvalue weighted by atomic mass is 9.97. The molecule has 108 valence electrons. The molecule has 6 heteroatoms. The van der Waals surface area contributed by atoms with E-state index in [-0.39, 0.29) is 0 Å². The standard InChI is InChI=1S/C14H18N2O3S/c1-16(12-6-4-5-11(9-12)10-15)20(18,19)14-8-3-2-7-13(14)17/h4-6,9,13-14,17H,2-3,7-8H2,1H3. The lowest BCUT2D eigenvalue weighted by Gasteiger charge is -2.31. The fraction of sp³-hybridized carbons (Fsp3) is 0.500. The van der Waals surface area contributed by atoms with E-state index in [1.54, 1.807) is 18.2 Å². The maximum Gasteiger partial charge on any atom is 0.240 e. The van der Waals surface area contributed by atoms with Gasteiger partial charge in [-0.2, -0.15) is 5.26 Å². The van der Waals surface area contributed by atoms with E-state index in [1.165, 1.54) is 17.4 Å². The zero-order valence-electron chi connectivity index (χ0n) is 11.4. The Bertz CT molecular complexity index is 622. The third kappa shape index (κ3) is 2.79. The number of hydrogen-bond donors (Lipinski definition) is 1. The van der Waals surface area contributed by atoms with Crippen LogP contribution in [0.5, 0.6) is 0 Å². The van der Waals surface area contributed by atoms with E-state index in [1.807, 2.05) is 6.07 Å². The molecule has 1 aromatic rings. The van der Waals surface area contributed by atoms with Gasteiger partial charge in [-0.05, 0) is 31.0 Å². The van der Waals surface area contributed by atoms with E-state index in [0.717, 1.165) is 12.8 Å². The molecule has 1 saturated carbocycles. The number of rotatable bonds is 3. The van der Waals surface area contributed by atoms with Crippen molar-refractivity contribution in [2.45, 2.75) is 37.0 Å². The van der Waals surface area contributed by atoms with Crippen LogP contribution >= 0.6 is 0 Å². The Hall–Kier alpha value is -1.58. The first-order valence-corrected chi connectivity index (χ1v) is 8.13. The Morgan fingerprint density at radius 2 is 2.05 bits per heavy atom. The second-order valence-electron chi connectivity index (χ2n) is 5.06. The van der Waals surface area contributed by atoms with Gasteiger partial charge >= 0.3 is 0 Å². The van der Waals surface area contributed by atoms with Gasteiger partial charge in [-0.25, -0.2) is 8.42 Å². The largest absolute Gasteiger partial charge is 0.392 e. The summed E-state index contributed by atoms with van der Waals surface area (Å²) < 4.78 is 26.3. The molecule has 0 radical (unpaired) electrons. The molecule has 0 heterocycles. The predicted octanol–water partition coefficient (Wildman–Crippen LogP) is 1.63. The van der Waals surface area contributed by atoms with Crippen molar-refractivity contribution in [2.75, 3.05) is 11.4 Å². The monoisotopic (exact) mass is 294 g/mol. The Kier molecular flexibility index (Phi) is 4.31. The first kappa shape index (κ1) is 14.8. The number of aliphatic hydroxyl groups excluding tert-OH is 1. The third-order valence-electron chi connectivity index (χ3n) is 3.77. The van der Waals surface area contributed by atoms with Gasteiger partial charge in [0.1, 0.15) is 5.25 Å². The van der Waals surface area contributed by atoms with E-state index in [2.05, 4.69) is 0 Å². The van der Waals surface area contributed by atoms with Gasteiger partial charge in [0, 0.05) is 7.05 Å². The molecule has 0 saturated heterocycles. The minimum Gasteiger partial charge on any atom is -0.392 e. The molecule has 1 aliphatic carbocycles. The average Bonchev–Trinajstić information content (AvgIpc) is 2.46. The smallest absolute Gasteiger partial charge is 0.240 e. The molecule has 1 aromatic carbocycles. The predicted molar refractivity (Wildman–Crippen MR) is 76.7 cm³/mol. The van der Waals surface area contributed by atoms with Crippen molar-refractivity contribution in [3.63, 3.8) is 0 Å². The molecule has 0 spiro atoms. The Balaban J connectivity index is 2.30. The molecule has 0 amide bonds. The van der Waals surface area contributed by atoms with Crippen LogP contribution < -0.4 is 4.31 Å². The molecule has 1 aliphatic rings. The highest BCUT2D eigenvalue weighted by Crippen LogP contribution is 2.29. The Morgan fingerprint density at radius 3 is 2.70 bits per heavy atom. The maximum absolute atomic E-state index is 12.6. The minimum atomic E-state index is -3.62. The van der Waals surface area contributed by atoms with Crippen LogP contribution in [-0.2, 0) is 10.0 Å². The summed E-state index contributed by atoms with van der Waals surface area (Å²) >= 11 is 0. The summed E-state index contributed by atoms with van der Waals surface area (Å²) in [5, 5.41) is 18.1. The number of anilines is 1. The van der Waals surface area contributed by atoms with Crippen LogP contribution in [0, 0.1) is 11.3 Å². The van der Waals surface area contributed by atoms with Gasteiger partial charge in [0.05, 0.1) is 23.4 Å². The van der Waals surface area contributed by atoms with Crippen molar-refractivity contribution in [3.05, 3.63) is 29.8 Å². The number of nitrogens with zero attached hydrogens (tertiary/aromatic N) is 2. The highest BCUT2D eigenvalue weighted by molar-refractivity contribution is 7.93. The summed E-state index contributed by atoms with van der Waals surface area (Å²) in [6.07, 6.45) is 1.87. The molecular weight excluding hydrogens is 276 g/mol. The first-order chi connectivity index (χ1) is 9.46. The van der Waals surface area contributed by atoms with Gasteiger partial charge in [-0.1, -0.05) is 18.9 Å². The number of benzene rings is 1. The van der Waals surface area contributed by atoms with Gasteiger partial charge in [0.15, 0.2) is 0 Å². The molecule has 0 aromatic heterocycles. The van der Waals surface area contributed by atoms with Crippen LogP contribution in [0.4, 0.5) is 5.69 Å². The second-order valence-corrected chi connectivity index (χ2v) is 7.25. The van der Waals surface area contributed by atoms with Crippen molar-refractivity contribution in [1.82, 2.24) is 0 Å². The number of sulfonamides is 1. The number of aliphatic hydroxyl groups is 1. The minimum absolute atomic E-state index is 0.411. The van der Waals surface area contributed by atoms with E-state index in [9.17, 15) is 13.5 Å². The average molecular weight is 294 g/mol. The van der Waals surface area contributed by atoms with Gasteiger partial charge in [0.25, 0.3) is 0 Å². The first-order valence-electron chi connectivity index (χ1n) is 6.63. The quantitative estimate of drug-likeness (QED) is 0.918. The molecule has 2 rings (SSSR count). The Morgan fingerprint density at radius 1 is 1.35 bits per heavy atom. The van der Waals surface area contributed by atoms with Gasteiger partial charge < -0.3 is 5.11 Å². The zero-order valence-corrected chi connectivity index (χ0v) is 12.2. The molecule has 20 heavy (non-hydrogen) atoms. The topological polar surface area (TPSA) is 81.4 Å². The van der Waals surface area contributed by atoms with Gasteiger partial charge in [-0.3, -0.25) is 4.31 Å². The van der Waals surface area contributed by atoms with Gasteiger partial charge in [0.2, 0.25) is 10.0 Å². The highest BCUT2D eigenvalue weighted by Gasteiger charge is 2.37. The van der Waals surface area contributed by atoms with Crippen molar-refractivity contribution < 1.29 is 13.5 Å². The summed E-state index contributed by atoms with van der Waals surface area (Å²) in [5.74, 6) is 0. The van der Waals surface area contributed by atoms with Crippen molar-refractivity contribution in [2.24, 2.45) is 0 Å². The van der Waals surface area contributed by atoms with Crippen molar-refractivity contribution in [1.29, 1.82) is 5.26 Å². The number of hydrogen-bond acceptors (Lipinski definition) is 4. The molecular formula is C14H18N2O3S. The SMILES string of the molecule is CN(c1cccc(C#N)c1)S(=O)(=O)C1CCCCC1O. The van der Waals surface area contributed by atoms with Crippen molar-refractivity contribution >= 4 is 15.7 Å². The van der Waals surface area contributed by atoms with Crippen LogP contribution in [0.15, 0.2) is 24.3 Å². The zero-order chi connectivity index (χ0) is 14.8. The summed E-state index contributed by atoms with van der Waals surface area (Å²) in [5.41, 5.74) is 0.857. The second kappa shape index (κ2) is 5.81. The lowest BCUT2D eigenvalue weighted by molar-refractivity contribution is 0.133. The number of nitriles is 1. The van der Waals surface area contributed by atoms with Crippen LogP contribution in [0.2, 0.25) is 0 Å². The summed E-state index contributed by atoms with van der Waals surface area (Å²) in [7, 11) is -2.15. The Labute approximate surface area is 119 Å². The van der Waals surface area contributed by atoms with Gasteiger partial charge in [-0.15, -0.1) is 0 Å². The van der Waals surface area contributed by atoms with Crippen LogP contribution in [0.25, 0.3) is 0 Å². The highest BCUT2D eigenvalue weighted by atomic mass is 32.2. The fourth-order valence-corrected chi connectivity index (χ4v) is 4.36. The lowest BCUT2D eigenvalue weighted by Crippen LogP contribution is -2.44. The van der Waals surface area contributed by atoms with E-state index >= 15 is 0 Å². The maximum atomic E-state index is 12.6. The molecule has 1 fully saturated rings. The molecule has 0 aliphatic heterocycles.